The van der Waals surface area contributed by atoms with Gasteiger partial charge in [0, 0.05) is 20.8 Å². The summed E-state index contributed by atoms with van der Waals surface area (Å²) in [5, 5.41) is 13.3. The van der Waals surface area contributed by atoms with Crippen LogP contribution in [0, 0.1) is 0 Å². The number of thiophene rings is 1. The maximum absolute atomic E-state index is 9.68. The number of rotatable bonds is 2. The monoisotopic (exact) mass is 270 g/mol. The molecule has 0 aliphatic rings. The molecular weight excluding hydrogens is 260 g/mol. The number of benzene rings is 1. The van der Waals surface area contributed by atoms with E-state index in [1.165, 1.54) is 15.8 Å². The molecule has 3 heteroatoms. The van der Waals surface area contributed by atoms with Gasteiger partial charge in [-0.05, 0) is 23.6 Å². The Balaban J connectivity index is 2.76. The van der Waals surface area contributed by atoms with Crippen LogP contribution in [0.1, 0.15) is 18.1 Å². The van der Waals surface area contributed by atoms with Crippen molar-refractivity contribution in [2.45, 2.75) is 18.7 Å². The van der Waals surface area contributed by atoms with E-state index in [0.717, 1.165) is 17.1 Å². The van der Waals surface area contributed by atoms with Gasteiger partial charge in [-0.2, -0.15) is 0 Å². The van der Waals surface area contributed by atoms with E-state index in [9.17, 15) is 5.11 Å². The number of halogens is 1. The van der Waals surface area contributed by atoms with Crippen LogP contribution in [0.5, 0.6) is 5.75 Å². The Labute approximate surface area is 95.5 Å². The lowest BCUT2D eigenvalue weighted by Crippen LogP contribution is -1.85. The third kappa shape index (κ3) is 1.55. The lowest BCUT2D eigenvalue weighted by molar-refractivity contribution is 0.483. The molecule has 1 nitrogen and oxygen atoms in total. The number of aryl methyl sites for hydroxylation is 1. The molecule has 0 radical (unpaired) electrons. The highest BCUT2D eigenvalue weighted by molar-refractivity contribution is 9.08. The summed E-state index contributed by atoms with van der Waals surface area (Å²) in [6.45, 7) is 2.15. The maximum atomic E-state index is 9.68. The van der Waals surface area contributed by atoms with E-state index >= 15 is 0 Å². The number of hydrogen-bond acceptors (Lipinski definition) is 2. The Bertz CT molecular complexity index is 462. The predicted octanol–water partition coefficient (Wildman–Crippen LogP) is 4.06. The second kappa shape index (κ2) is 3.91. The molecule has 0 unspecified atom stereocenters. The van der Waals surface area contributed by atoms with Gasteiger partial charge in [0.2, 0.25) is 0 Å². The molecule has 0 fully saturated rings. The average Bonchev–Trinajstić information content (AvgIpc) is 2.59. The maximum Gasteiger partial charge on any atom is 0.134 e. The first-order valence-corrected chi connectivity index (χ1v) is 6.54. The summed E-state index contributed by atoms with van der Waals surface area (Å²) in [7, 11) is 0. The van der Waals surface area contributed by atoms with Crippen LogP contribution in [-0.4, -0.2) is 5.11 Å². The van der Waals surface area contributed by atoms with Gasteiger partial charge in [0.15, 0.2) is 0 Å². The zero-order valence-corrected chi connectivity index (χ0v) is 10.3. The highest BCUT2D eigenvalue weighted by Gasteiger charge is 2.08. The highest BCUT2D eigenvalue weighted by Crippen LogP contribution is 2.35. The van der Waals surface area contributed by atoms with Crippen LogP contribution in [0.3, 0.4) is 0 Å². The van der Waals surface area contributed by atoms with Crippen LogP contribution in [-0.2, 0) is 11.8 Å². The molecule has 0 aliphatic carbocycles. The Morgan fingerprint density at radius 2 is 2.21 bits per heavy atom. The van der Waals surface area contributed by atoms with Crippen molar-refractivity contribution in [2.24, 2.45) is 0 Å². The smallest absolute Gasteiger partial charge is 0.134 e. The largest absolute Gasteiger partial charge is 0.506 e. The van der Waals surface area contributed by atoms with E-state index in [1.54, 1.807) is 16.7 Å². The Kier molecular flexibility index (Phi) is 2.79. The van der Waals surface area contributed by atoms with Gasteiger partial charge < -0.3 is 5.11 Å². The molecule has 2 aromatic rings. The third-order valence-electron chi connectivity index (χ3n) is 2.35. The molecule has 1 N–H and O–H groups in total. The predicted molar refractivity (Wildman–Crippen MR) is 65.5 cm³/mol. The van der Waals surface area contributed by atoms with E-state index in [1.807, 2.05) is 0 Å². The standard InChI is InChI=1S/C11H11BrOS/c1-2-7-3-8(5-12)11-9(13)6-14-10(11)4-7/h3-4,6,13H,2,5H2,1H3. The van der Waals surface area contributed by atoms with Gasteiger partial charge in [-0.3, -0.25) is 0 Å². The Hall–Kier alpha value is -0.540. The van der Waals surface area contributed by atoms with E-state index in [-0.39, 0.29) is 0 Å². The van der Waals surface area contributed by atoms with E-state index in [4.69, 9.17) is 0 Å². The van der Waals surface area contributed by atoms with Crippen LogP contribution in [0.25, 0.3) is 10.1 Å². The molecule has 0 saturated carbocycles. The molecule has 0 aliphatic heterocycles. The molecule has 2 rings (SSSR count). The second-order valence-corrected chi connectivity index (χ2v) is 4.71. The summed E-state index contributed by atoms with van der Waals surface area (Å²) < 4.78 is 1.18. The molecule has 14 heavy (non-hydrogen) atoms. The first-order valence-electron chi connectivity index (χ1n) is 4.54. The van der Waals surface area contributed by atoms with Crippen molar-refractivity contribution in [3.05, 3.63) is 28.6 Å². The third-order valence-corrected chi connectivity index (χ3v) is 3.87. The number of hydrogen-bond donors (Lipinski definition) is 1. The van der Waals surface area contributed by atoms with Gasteiger partial charge in [-0.15, -0.1) is 11.3 Å². The molecule has 0 spiro atoms. The van der Waals surface area contributed by atoms with E-state index in [2.05, 4.69) is 35.0 Å². The summed E-state index contributed by atoms with van der Waals surface area (Å²) >= 11 is 5.06. The molecule has 0 bridgehead atoms. The van der Waals surface area contributed by atoms with Crippen LogP contribution in [0.2, 0.25) is 0 Å². The first kappa shape index (κ1) is 9.99. The van der Waals surface area contributed by atoms with E-state index < -0.39 is 0 Å². The molecule has 0 amide bonds. The van der Waals surface area contributed by atoms with Gasteiger partial charge in [-0.25, -0.2) is 0 Å². The summed E-state index contributed by atoms with van der Waals surface area (Å²) in [5.74, 6) is 0.405. The molecular formula is C11H11BrOS. The van der Waals surface area contributed by atoms with Crippen molar-refractivity contribution in [3.63, 3.8) is 0 Å². The van der Waals surface area contributed by atoms with Crippen LogP contribution >= 0.6 is 27.3 Å². The van der Waals surface area contributed by atoms with Crippen LogP contribution < -0.4 is 0 Å². The minimum atomic E-state index is 0.405. The lowest BCUT2D eigenvalue weighted by atomic mass is 10.1. The summed E-state index contributed by atoms with van der Waals surface area (Å²) in [6.07, 6.45) is 1.04. The zero-order chi connectivity index (χ0) is 10.1. The molecule has 0 atom stereocenters. The van der Waals surface area contributed by atoms with E-state index in [0.29, 0.717) is 5.75 Å². The van der Waals surface area contributed by atoms with Crippen molar-refractivity contribution in [1.82, 2.24) is 0 Å². The fourth-order valence-corrected chi connectivity index (χ4v) is 2.98. The van der Waals surface area contributed by atoms with Crippen molar-refractivity contribution < 1.29 is 5.11 Å². The molecule has 74 valence electrons. The fraction of sp³-hybridized carbons (Fsp3) is 0.273. The average molecular weight is 271 g/mol. The Morgan fingerprint density at radius 1 is 1.43 bits per heavy atom. The quantitative estimate of drug-likeness (QED) is 0.816. The van der Waals surface area contributed by atoms with Crippen molar-refractivity contribution in [3.8, 4) is 5.75 Å². The normalized spacial score (nSPS) is 11.0. The van der Waals surface area contributed by atoms with Crippen LogP contribution in [0.4, 0.5) is 0 Å². The molecule has 1 aromatic heterocycles. The van der Waals surface area contributed by atoms with Gasteiger partial charge in [0.05, 0.1) is 0 Å². The molecule has 1 aromatic carbocycles. The van der Waals surface area contributed by atoms with Crippen molar-refractivity contribution in [1.29, 1.82) is 0 Å². The zero-order valence-electron chi connectivity index (χ0n) is 7.88. The van der Waals surface area contributed by atoms with Gasteiger partial charge >= 0.3 is 0 Å². The SMILES string of the molecule is CCc1cc(CBr)c2c(O)csc2c1. The highest BCUT2D eigenvalue weighted by atomic mass is 79.9. The summed E-state index contributed by atoms with van der Waals surface area (Å²) in [4.78, 5) is 0. The second-order valence-electron chi connectivity index (χ2n) is 3.24. The van der Waals surface area contributed by atoms with Crippen LogP contribution in [0.15, 0.2) is 17.5 Å². The number of aromatic hydroxyl groups is 1. The minimum absolute atomic E-state index is 0.405. The first-order chi connectivity index (χ1) is 6.76. The van der Waals surface area contributed by atoms with Gasteiger partial charge in [0.25, 0.3) is 0 Å². The minimum Gasteiger partial charge on any atom is -0.506 e. The summed E-state index contributed by atoms with van der Waals surface area (Å²) in [6, 6.07) is 4.31. The lowest BCUT2D eigenvalue weighted by Gasteiger charge is -2.03. The Morgan fingerprint density at radius 3 is 2.86 bits per heavy atom. The molecule has 1 heterocycles. The molecule has 0 saturated heterocycles. The topological polar surface area (TPSA) is 20.2 Å². The summed E-state index contributed by atoms with van der Waals surface area (Å²) in [5.41, 5.74) is 2.51. The fourth-order valence-electron chi connectivity index (χ4n) is 1.61. The van der Waals surface area contributed by atoms with Gasteiger partial charge in [0.1, 0.15) is 5.75 Å². The van der Waals surface area contributed by atoms with Crippen molar-refractivity contribution in [2.75, 3.05) is 0 Å². The van der Waals surface area contributed by atoms with Gasteiger partial charge in [-0.1, -0.05) is 28.9 Å². The number of fused-ring (bicyclic) bond motifs is 1. The number of alkyl halides is 1. The van der Waals surface area contributed by atoms with Crippen molar-refractivity contribution >= 4 is 37.4 Å².